The van der Waals surface area contributed by atoms with Gasteiger partial charge in [-0.15, -0.1) is 0 Å². The van der Waals surface area contributed by atoms with Crippen molar-refractivity contribution in [1.82, 2.24) is 19.7 Å². The average molecular weight is 358 g/mol. The largest absolute Gasteiger partial charge is 0.449 e. The highest BCUT2D eigenvalue weighted by molar-refractivity contribution is 5.92. The second kappa shape index (κ2) is 7.65. The number of nitrogens with zero attached hydrogens (tertiary/aromatic N) is 4. The van der Waals surface area contributed by atoms with Gasteiger partial charge < -0.3 is 14.4 Å². The van der Waals surface area contributed by atoms with Gasteiger partial charge in [-0.2, -0.15) is 5.10 Å². The van der Waals surface area contributed by atoms with Crippen molar-refractivity contribution in [3.8, 4) is 5.82 Å². The first-order chi connectivity index (χ1) is 12.5. The monoisotopic (exact) mass is 358 g/mol. The molecule has 1 saturated heterocycles. The number of amides is 1. The normalized spacial score (nSPS) is 15.6. The van der Waals surface area contributed by atoms with E-state index in [1.807, 2.05) is 19.9 Å². The fourth-order valence-electron chi connectivity index (χ4n) is 2.81. The third-order valence-electron chi connectivity index (χ3n) is 4.16. The lowest BCUT2D eigenvalue weighted by Crippen LogP contribution is -2.46. The quantitative estimate of drug-likeness (QED) is 0.766. The fourth-order valence-corrected chi connectivity index (χ4v) is 2.81. The molecule has 0 N–H and O–H groups in total. The molecule has 26 heavy (non-hydrogen) atoms. The van der Waals surface area contributed by atoms with Crippen molar-refractivity contribution in [2.24, 2.45) is 0 Å². The molecule has 3 rings (SSSR count). The Morgan fingerprint density at radius 2 is 1.96 bits per heavy atom. The highest BCUT2D eigenvalue weighted by Gasteiger charge is 2.25. The minimum atomic E-state index is -0.851. The summed E-state index contributed by atoms with van der Waals surface area (Å²) in [6.45, 7) is 7.45. The Kier molecular flexibility index (Phi) is 5.32. The van der Waals surface area contributed by atoms with E-state index in [9.17, 15) is 9.59 Å². The van der Waals surface area contributed by atoms with Gasteiger partial charge in [-0.1, -0.05) is 0 Å². The van der Waals surface area contributed by atoms with E-state index in [0.29, 0.717) is 32.1 Å². The standard InChI is InChI=1S/C18H22N4O4/c1-12-10-13(2)22(20-12)16-5-4-15(11-19-16)18(24)26-14(3)17(23)21-6-8-25-9-7-21/h4-5,10-11,14H,6-9H2,1-3H3. The molecule has 0 bridgehead atoms. The molecule has 1 aliphatic rings. The molecule has 0 radical (unpaired) electrons. The fraction of sp³-hybridized carbons (Fsp3) is 0.444. The molecule has 1 fully saturated rings. The van der Waals surface area contributed by atoms with Gasteiger partial charge in [-0.25, -0.2) is 14.5 Å². The summed E-state index contributed by atoms with van der Waals surface area (Å²) in [5.41, 5.74) is 2.13. The van der Waals surface area contributed by atoms with Crippen LogP contribution in [0.2, 0.25) is 0 Å². The van der Waals surface area contributed by atoms with E-state index < -0.39 is 12.1 Å². The molecule has 3 heterocycles. The first-order valence-electron chi connectivity index (χ1n) is 8.53. The average Bonchev–Trinajstić information content (AvgIpc) is 3.00. The lowest BCUT2D eigenvalue weighted by atomic mass is 10.2. The van der Waals surface area contributed by atoms with E-state index in [1.54, 1.807) is 28.6 Å². The third kappa shape index (κ3) is 3.91. The molecule has 138 valence electrons. The van der Waals surface area contributed by atoms with Gasteiger partial charge in [-0.05, 0) is 39.0 Å². The molecule has 2 aromatic rings. The number of hydrogen-bond acceptors (Lipinski definition) is 6. The Hall–Kier alpha value is -2.74. The Morgan fingerprint density at radius 1 is 1.23 bits per heavy atom. The number of rotatable bonds is 4. The maximum atomic E-state index is 12.3. The number of ether oxygens (including phenoxy) is 2. The van der Waals surface area contributed by atoms with Gasteiger partial charge in [0.2, 0.25) is 0 Å². The maximum Gasteiger partial charge on any atom is 0.340 e. The summed E-state index contributed by atoms with van der Waals surface area (Å²) in [4.78, 5) is 30.5. The zero-order valence-corrected chi connectivity index (χ0v) is 15.1. The van der Waals surface area contributed by atoms with Crippen molar-refractivity contribution in [2.75, 3.05) is 26.3 Å². The van der Waals surface area contributed by atoms with Gasteiger partial charge in [0.25, 0.3) is 5.91 Å². The molecule has 0 saturated carbocycles. The predicted molar refractivity (Wildman–Crippen MR) is 93.1 cm³/mol. The van der Waals surface area contributed by atoms with Crippen LogP contribution in [0.5, 0.6) is 0 Å². The molecule has 0 spiro atoms. The number of esters is 1. The topological polar surface area (TPSA) is 86.5 Å². The molecule has 2 aromatic heterocycles. The number of carbonyl (C=O) groups is 2. The van der Waals surface area contributed by atoms with Crippen LogP contribution in [0.3, 0.4) is 0 Å². The summed E-state index contributed by atoms with van der Waals surface area (Å²) in [6.07, 6.45) is 0.580. The van der Waals surface area contributed by atoms with Gasteiger partial charge in [0.05, 0.1) is 24.5 Å². The Labute approximate surface area is 151 Å². The third-order valence-corrected chi connectivity index (χ3v) is 4.16. The van der Waals surface area contributed by atoms with Crippen LogP contribution in [0.25, 0.3) is 5.82 Å². The van der Waals surface area contributed by atoms with Crippen LogP contribution in [-0.4, -0.2) is 63.9 Å². The van der Waals surface area contributed by atoms with Crippen LogP contribution in [0.1, 0.15) is 28.7 Å². The van der Waals surface area contributed by atoms with E-state index in [2.05, 4.69) is 10.1 Å². The molecule has 1 amide bonds. The summed E-state index contributed by atoms with van der Waals surface area (Å²) >= 11 is 0. The van der Waals surface area contributed by atoms with Crippen molar-refractivity contribution >= 4 is 11.9 Å². The number of pyridine rings is 1. The highest BCUT2D eigenvalue weighted by Crippen LogP contribution is 2.12. The number of morpholine rings is 1. The first kappa shape index (κ1) is 18.1. The second-order valence-electron chi connectivity index (χ2n) is 6.23. The van der Waals surface area contributed by atoms with E-state index in [-0.39, 0.29) is 11.5 Å². The van der Waals surface area contributed by atoms with Crippen molar-refractivity contribution in [1.29, 1.82) is 0 Å². The van der Waals surface area contributed by atoms with Crippen LogP contribution in [-0.2, 0) is 14.3 Å². The van der Waals surface area contributed by atoms with Crippen LogP contribution >= 0.6 is 0 Å². The van der Waals surface area contributed by atoms with Crippen LogP contribution in [0.4, 0.5) is 0 Å². The zero-order valence-electron chi connectivity index (χ0n) is 15.1. The van der Waals surface area contributed by atoms with Gasteiger partial charge in [0.15, 0.2) is 11.9 Å². The molecule has 0 aromatic carbocycles. The van der Waals surface area contributed by atoms with Crippen molar-refractivity contribution in [3.05, 3.63) is 41.3 Å². The lowest BCUT2D eigenvalue weighted by molar-refractivity contribution is -0.143. The summed E-state index contributed by atoms with van der Waals surface area (Å²) in [5, 5.41) is 4.36. The van der Waals surface area contributed by atoms with E-state index in [0.717, 1.165) is 11.4 Å². The number of carbonyl (C=O) groups excluding carboxylic acids is 2. The number of aromatic nitrogens is 3. The predicted octanol–water partition coefficient (Wildman–Crippen LogP) is 1.29. The van der Waals surface area contributed by atoms with E-state index in [1.165, 1.54) is 6.20 Å². The summed E-state index contributed by atoms with van der Waals surface area (Å²) in [5.74, 6) is -0.176. The van der Waals surface area contributed by atoms with E-state index in [4.69, 9.17) is 9.47 Å². The smallest absolute Gasteiger partial charge is 0.340 e. The SMILES string of the molecule is Cc1cc(C)n(-c2ccc(C(=O)OC(C)C(=O)N3CCOCC3)cn2)n1. The minimum absolute atomic E-state index is 0.214. The van der Waals surface area contributed by atoms with Gasteiger partial charge in [0.1, 0.15) is 0 Å². The molecule has 0 aliphatic carbocycles. The van der Waals surface area contributed by atoms with Crippen LogP contribution < -0.4 is 0 Å². The van der Waals surface area contributed by atoms with Crippen molar-refractivity contribution < 1.29 is 19.1 Å². The van der Waals surface area contributed by atoms with E-state index >= 15 is 0 Å². The van der Waals surface area contributed by atoms with Crippen LogP contribution in [0.15, 0.2) is 24.4 Å². The Balaban J connectivity index is 1.64. The molecule has 1 atom stereocenters. The summed E-state index contributed by atoms with van der Waals surface area (Å²) in [6, 6.07) is 5.26. The van der Waals surface area contributed by atoms with Crippen molar-refractivity contribution in [3.63, 3.8) is 0 Å². The van der Waals surface area contributed by atoms with Crippen LogP contribution in [0, 0.1) is 13.8 Å². The van der Waals surface area contributed by atoms with Gasteiger partial charge in [-0.3, -0.25) is 4.79 Å². The zero-order chi connectivity index (χ0) is 18.7. The van der Waals surface area contributed by atoms with Gasteiger partial charge in [0, 0.05) is 25.0 Å². The number of aryl methyl sites for hydroxylation is 2. The maximum absolute atomic E-state index is 12.3. The van der Waals surface area contributed by atoms with Crippen molar-refractivity contribution in [2.45, 2.75) is 26.9 Å². The Morgan fingerprint density at radius 3 is 2.54 bits per heavy atom. The molecular formula is C18H22N4O4. The summed E-state index contributed by atoms with van der Waals surface area (Å²) < 4.78 is 12.2. The Bertz CT molecular complexity index is 794. The lowest BCUT2D eigenvalue weighted by Gasteiger charge is -2.28. The molecule has 8 heteroatoms. The highest BCUT2D eigenvalue weighted by atomic mass is 16.5. The summed E-state index contributed by atoms with van der Waals surface area (Å²) in [7, 11) is 0. The molecule has 1 aliphatic heterocycles. The molecule has 8 nitrogen and oxygen atoms in total. The first-order valence-corrected chi connectivity index (χ1v) is 8.53. The van der Waals surface area contributed by atoms with Gasteiger partial charge >= 0.3 is 5.97 Å². The second-order valence-corrected chi connectivity index (χ2v) is 6.23. The molecular weight excluding hydrogens is 336 g/mol. The minimum Gasteiger partial charge on any atom is -0.449 e. The molecule has 1 unspecified atom stereocenters. The number of hydrogen-bond donors (Lipinski definition) is 0.